The molecule has 0 radical (unpaired) electrons. The summed E-state index contributed by atoms with van der Waals surface area (Å²) >= 11 is 6.89. The van der Waals surface area contributed by atoms with Gasteiger partial charge in [0.1, 0.15) is 10.7 Å². The molecule has 0 unspecified atom stereocenters. The van der Waals surface area contributed by atoms with Gasteiger partial charge in [0.25, 0.3) is 0 Å². The van der Waals surface area contributed by atoms with E-state index in [1.807, 2.05) is 19.1 Å². The smallest absolute Gasteiger partial charge is 0.196 e. The second kappa shape index (κ2) is 4.72. The molecule has 0 aliphatic rings. The summed E-state index contributed by atoms with van der Waals surface area (Å²) in [5, 5.41) is 2.51. The third kappa shape index (κ3) is 2.28. The Hall–Kier alpha value is -1.26. The van der Waals surface area contributed by atoms with Crippen LogP contribution in [0.15, 0.2) is 23.7 Å². The second-order valence-electron chi connectivity index (χ2n) is 3.28. The fourth-order valence-corrected chi connectivity index (χ4v) is 2.15. The van der Waals surface area contributed by atoms with Gasteiger partial charge in [-0.25, -0.2) is 4.98 Å². The van der Waals surface area contributed by atoms with E-state index in [0.717, 1.165) is 16.3 Å². The molecule has 2 heterocycles. The van der Waals surface area contributed by atoms with Gasteiger partial charge in [0, 0.05) is 22.8 Å². The fourth-order valence-electron chi connectivity index (χ4n) is 1.20. The normalized spacial score (nSPS) is 10.4. The predicted molar refractivity (Wildman–Crippen MR) is 65.1 cm³/mol. The number of thiazole rings is 1. The number of Topliss-reactive ketones (excluding diaryl/α,β-unsaturated/α-hetero) is 1. The van der Waals surface area contributed by atoms with Gasteiger partial charge in [-0.3, -0.25) is 9.78 Å². The van der Waals surface area contributed by atoms with Gasteiger partial charge in [-0.2, -0.15) is 0 Å². The molecule has 0 saturated heterocycles. The van der Waals surface area contributed by atoms with E-state index in [2.05, 4.69) is 9.97 Å². The van der Waals surface area contributed by atoms with Crippen LogP contribution in [0.4, 0.5) is 0 Å². The van der Waals surface area contributed by atoms with Gasteiger partial charge in [0.15, 0.2) is 5.78 Å². The fraction of sp³-hybridized carbons (Fsp3) is 0.182. The van der Waals surface area contributed by atoms with Crippen LogP contribution in [0.3, 0.4) is 0 Å². The predicted octanol–water partition coefficient (Wildman–Crippen LogP) is 2.94. The van der Waals surface area contributed by atoms with Gasteiger partial charge in [-0.05, 0) is 19.1 Å². The Labute approximate surface area is 102 Å². The summed E-state index contributed by atoms with van der Waals surface area (Å²) in [6, 6.07) is 3.86. The van der Waals surface area contributed by atoms with Crippen molar-refractivity contribution in [2.75, 3.05) is 5.88 Å². The van der Waals surface area contributed by atoms with Crippen LogP contribution in [-0.2, 0) is 0 Å². The molecule has 2 aromatic rings. The van der Waals surface area contributed by atoms with Crippen LogP contribution in [0.5, 0.6) is 0 Å². The number of ketones is 1. The molecule has 0 atom stereocenters. The van der Waals surface area contributed by atoms with E-state index < -0.39 is 0 Å². The van der Waals surface area contributed by atoms with Crippen molar-refractivity contribution in [3.8, 4) is 10.6 Å². The number of aromatic nitrogens is 2. The molecular weight excluding hydrogens is 244 g/mol. The number of alkyl halides is 1. The highest BCUT2D eigenvalue weighted by Crippen LogP contribution is 2.23. The van der Waals surface area contributed by atoms with E-state index in [1.54, 1.807) is 11.6 Å². The van der Waals surface area contributed by atoms with Crippen LogP contribution in [0.25, 0.3) is 10.6 Å². The number of pyridine rings is 1. The molecule has 0 bridgehead atoms. The summed E-state index contributed by atoms with van der Waals surface area (Å²) in [7, 11) is 0. The van der Waals surface area contributed by atoms with Crippen molar-refractivity contribution in [1.82, 2.24) is 9.97 Å². The van der Waals surface area contributed by atoms with E-state index in [9.17, 15) is 4.79 Å². The van der Waals surface area contributed by atoms with E-state index in [4.69, 9.17) is 11.6 Å². The Balaban J connectivity index is 2.31. The molecule has 0 saturated carbocycles. The highest BCUT2D eigenvalue weighted by atomic mass is 35.5. The van der Waals surface area contributed by atoms with Crippen LogP contribution in [0.1, 0.15) is 16.2 Å². The molecule has 2 aromatic heterocycles. The minimum Gasteiger partial charge on any atom is -0.291 e. The Kier molecular flexibility index (Phi) is 3.31. The monoisotopic (exact) mass is 252 g/mol. The first-order valence-electron chi connectivity index (χ1n) is 4.68. The molecule has 0 spiro atoms. The van der Waals surface area contributed by atoms with Gasteiger partial charge in [0.05, 0.1) is 5.88 Å². The molecule has 5 heteroatoms. The van der Waals surface area contributed by atoms with Crippen LogP contribution < -0.4 is 0 Å². The number of rotatable bonds is 3. The molecule has 0 N–H and O–H groups in total. The largest absolute Gasteiger partial charge is 0.291 e. The Morgan fingerprint density at radius 1 is 1.50 bits per heavy atom. The van der Waals surface area contributed by atoms with Crippen molar-refractivity contribution in [2.45, 2.75) is 6.92 Å². The lowest BCUT2D eigenvalue weighted by atomic mass is 10.2. The topological polar surface area (TPSA) is 42.9 Å². The van der Waals surface area contributed by atoms with E-state index in [0.29, 0.717) is 5.69 Å². The van der Waals surface area contributed by atoms with Crippen LogP contribution >= 0.6 is 22.9 Å². The molecule has 0 aliphatic carbocycles. The van der Waals surface area contributed by atoms with Crippen LogP contribution in [-0.4, -0.2) is 21.6 Å². The summed E-state index contributed by atoms with van der Waals surface area (Å²) in [5.41, 5.74) is 2.30. The van der Waals surface area contributed by atoms with Gasteiger partial charge in [-0.15, -0.1) is 22.9 Å². The lowest BCUT2D eigenvalue weighted by molar-refractivity contribution is 0.101. The number of halogens is 1. The first kappa shape index (κ1) is 11.2. The maximum atomic E-state index is 11.3. The van der Waals surface area contributed by atoms with Crippen LogP contribution in [0, 0.1) is 6.92 Å². The number of carbonyl (C=O) groups is 1. The quantitative estimate of drug-likeness (QED) is 0.623. The molecule has 0 fully saturated rings. The molecule has 16 heavy (non-hydrogen) atoms. The summed E-state index contributed by atoms with van der Waals surface area (Å²) in [5.74, 6) is -0.181. The molecule has 2 rings (SSSR count). The number of carbonyl (C=O) groups excluding carboxylic acids is 1. The summed E-state index contributed by atoms with van der Waals surface area (Å²) < 4.78 is 0. The van der Waals surface area contributed by atoms with Gasteiger partial charge < -0.3 is 0 Å². The summed E-state index contributed by atoms with van der Waals surface area (Å²) in [4.78, 5) is 19.7. The van der Waals surface area contributed by atoms with Crippen LogP contribution in [0.2, 0.25) is 0 Å². The van der Waals surface area contributed by atoms with Crippen molar-refractivity contribution in [1.29, 1.82) is 0 Å². The zero-order valence-electron chi connectivity index (χ0n) is 8.61. The van der Waals surface area contributed by atoms with Crippen molar-refractivity contribution >= 4 is 28.7 Å². The molecule has 3 nitrogen and oxygen atoms in total. The third-order valence-electron chi connectivity index (χ3n) is 2.07. The highest BCUT2D eigenvalue weighted by molar-refractivity contribution is 7.13. The number of aryl methyl sites for hydroxylation is 1. The average molecular weight is 253 g/mol. The SMILES string of the molecule is Cc1ccc(-c2nc(C(=O)CCl)cs2)cn1. The van der Waals surface area contributed by atoms with E-state index in [1.165, 1.54) is 11.3 Å². The Morgan fingerprint density at radius 2 is 2.31 bits per heavy atom. The van der Waals surface area contributed by atoms with Crippen molar-refractivity contribution in [3.05, 3.63) is 35.1 Å². The first-order valence-corrected chi connectivity index (χ1v) is 6.10. The van der Waals surface area contributed by atoms with E-state index >= 15 is 0 Å². The van der Waals surface area contributed by atoms with Gasteiger partial charge in [0.2, 0.25) is 0 Å². The molecule has 0 aromatic carbocycles. The van der Waals surface area contributed by atoms with Crippen molar-refractivity contribution in [3.63, 3.8) is 0 Å². The minimum absolute atomic E-state index is 0.0324. The number of hydrogen-bond acceptors (Lipinski definition) is 4. The average Bonchev–Trinajstić information content (AvgIpc) is 2.78. The second-order valence-corrected chi connectivity index (χ2v) is 4.41. The van der Waals surface area contributed by atoms with Gasteiger partial charge in [-0.1, -0.05) is 0 Å². The number of nitrogens with zero attached hydrogens (tertiary/aromatic N) is 2. The lowest BCUT2D eigenvalue weighted by Crippen LogP contribution is -2.00. The van der Waals surface area contributed by atoms with E-state index in [-0.39, 0.29) is 11.7 Å². The number of hydrogen-bond donors (Lipinski definition) is 0. The minimum atomic E-state index is -0.149. The zero-order chi connectivity index (χ0) is 11.5. The van der Waals surface area contributed by atoms with Crippen molar-refractivity contribution in [2.24, 2.45) is 0 Å². The summed E-state index contributed by atoms with van der Waals surface area (Å²) in [6.07, 6.45) is 1.75. The zero-order valence-corrected chi connectivity index (χ0v) is 10.2. The standard InChI is InChI=1S/C11H9ClN2OS/c1-7-2-3-8(5-13-7)11-14-9(6-16-11)10(15)4-12/h2-3,5-6H,4H2,1H3. The molecule has 0 aliphatic heterocycles. The Morgan fingerprint density at radius 3 is 2.94 bits per heavy atom. The van der Waals surface area contributed by atoms with Crippen molar-refractivity contribution < 1.29 is 4.79 Å². The molecule has 0 amide bonds. The maximum absolute atomic E-state index is 11.3. The molecular formula is C11H9ClN2OS. The maximum Gasteiger partial charge on any atom is 0.196 e. The third-order valence-corrected chi connectivity index (χ3v) is 3.20. The first-order chi connectivity index (χ1) is 7.70. The lowest BCUT2D eigenvalue weighted by Gasteiger charge is -1.95. The highest BCUT2D eigenvalue weighted by Gasteiger charge is 2.10. The Bertz CT molecular complexity index is 507. The van der Waals surface area contributed by atoms with Gasteiger partial charge >= 0.3 is 0 Å². The molecule has 82 valence electrons. The summed E-state index contributed by atoms with van der Waals surface area (Å²) in [6.45, 7) is 1.92.